The van der Waals surface area contributed by atoms with Gasteiger partial charge in [0.25, 0.3) is 0 Å². The molecule has 174 valence electrons. The Hall–Kier alpha value is -1.91. The quantitative estimate of drug-likeness (QED) is 0.436. The Morgan fingerprint density at radius 1 is 1.19 bits per heavy atom. The number of oxime groups is 1. The fourth-order valence-corrected chi connectivity index (χ4v) is 8.71. The molecule has 3 unspecified atom stereocenters. The fourth-order valence-electron chi connectivity index (χ4n) is 8.71. The van der Waals surface area contributed by atoms with Crippen molar-refractivity contribution in [3.63, 3.8) is 0 Å². The molecule has 0 bridgehead atoms. The Kier molecular flexibility index (Phi) is 5.00. The summed E-state index contributed by atoms with van der Waals surface area (Å²) in [5, 5.41) is 4.41. The van der Waals surface area contributed by atoms with Crippen LogP contribution in [0.5, 0.6) is 0 Å². The number of nitrogens with zero attached hydrogens (tertiary/aromatic N) is 1. The number of carbonyl (C=O) groups is 2. The predicted molar refractivity (Wildman–Crippen MR) is 123 cm³/mol. The summed E-state index contributed by atoms with van der Waals surface area (Å²) in [5.41, 5.74) is 1.61. The zero-order valence-electron chi connectivity index (χ0n) is 20.1. The van der Waals surface area contributed by atoms with Crippen LogP contribution in [0.4, 0.5) is 0 Å². The highest BCUT2D eigenvalue weighted by Crippen LogP contribution is 2.70. The van der Waals surface area contributed by atoms with Crippen molar-refractivity contribution in [2.75, 3.05) is 0 Å². The van der Waals surface area contributed by atoms with Crippen LogP contribution in [-0.4, -0.2) is 29.2 Å². The van der Waals surface area contributed by atoms with Gasteiger partial charge in [-0.1, -0.05) is 36.7 Å². The average Bonchev–Trinajstić information content (AvgIpc) is 3.22. The second-order valence-electron chi connectivity index (χ2n) is 11.4. The lowest BCUT2D eigenvalue weighted by atomic mass is 9.46. The van der Waals surface area contributed by atoms with Gasteiger partial charge in [0.2, 0.25) is 5.60 Å². The van der Waals surface area contributed by atoms with Crippen LogP contribution >= 0.6 is 0 Å². The van der Waals surface area contributed by atoms with Crippen LogP contribution in [0.15, 0.2) is 29.0 Å². The summed E-state index contributed by atoms with van der Waals surface area (Å²) in [6.07, 6.45) is 13.6. The predicted octanol–water partition coefficient (Wildman–Crippen LogP) is 5.40. The molecule has 3 saturated carbocycles. The molecule has 32 heavy (non-hydrogen) atoms. The Morgan fingerprint density at radius 3 is 2.66 bits per heavy atom. The minimum Gasteiger partial charge on any atom is -0.462 e. The topological polar surface area (TPSA) is 65.0 Å². The lowest BCUT2D eigenvalue weighted by molar-refractivity contribution is -0.174. The molecular weight excluding hydrogens is 402 g/mol. The molecular formula is C27H37NO4. The number of ether oxygens (including phenoxy) is 1. The van der Waals surface area contributed by atoms with Crippen LogP contribution in [0.1, 0.15) is 79.6 Å². The van der Waals surface area contributed by atoms with Crippen molar-refractivity contribution < 1.29 is 19.2 Å². The molecule has 5 aliphatic rings. The SMILES string of the molecule is C/C=C/C1=NO[C@]2(C(C)=O)[C@H]1CC1C3CC=C4C[C@@H](OC(C)=O)CC[C@]4(C)C3CC[C@@]12C. The highest BCUT2D eigenvalue weighted by Gasteiger charge is 2.73. The largest absolute Gasteiger partial charge is 0.462 e. The first-order chi connectivity index (χ1) is 15.2. The number of allylic oxidation sites excluding steroid dienone is 3. The molecule has 0 N–H and O–H groups in total. The number of carbonyl (C=O) groups excluding carboxylic acids is 2. The van der Waals surface area contributed by atoms with Crippen molar-refractivity contribution in [3.8, 4) is 0 Å². The molecule has 5 rings (SSSR count). The molecule has 3 fully saturated rings. The third-order valence-electron chi connectivity index (χ3n) is 10.1. The maximum Gasteiger partial charge on any atom is 0.302 e. The van der Waals surface area contributed by atoms with Gasteiger partial charge >= 0.3 is 5.97 Å². The van der Waals surface area contributed by atoms with E-state index in [-0.39, 0.29) is 34.6 Å². The van der Waals surface area contributed by atoms with Crippen molar-refractivity contribution in [1.82, 2.24) is 0 Å². The second-order valence-corrected chi connectivity index (χ2v) is 11.4. The van der Waals surface area contributed by atoms with E-state index in [9.17, 15) is 9.59 Å². The van der Waals surface area contributed by atoms with Gasteiger partial charge in [-0.3, -0.25) is 9.59 Å². The van der Waals surface area contributed by atoms with Crippen LogP contribution in [0.25, 0.3) is 0 Å². The minimum absolute atomic E-state index is 0.0250. The van der Waals surface area contributed by atoms with Crippen LogP contribution in [-0.2, 0) is 19.2 Å². The normalized spacial score (nSPS) is 46.8. The van der Waals surface area contributed by atoms with E-state index >= 15 is 0 Å². The number of hydrogen-bond donors (Lipinski definition) is 0. The number of ketones is 1. The Morgan fingerprint density at radius 2 is 1.97 bits per heavy atom. The average molecular weight is 440 g/mol. The molecule has 0 aromatic heterocycles. The third-order valence-corrected chi connectivity index (χ3v) is 10.1. The van der Waals surface area contributed by atoms with Gasteiger partial charge in [0.1, 0.15) is 6.10 Å². The zero-order chi connectivity index (χ0) is 22.9. The zero-order valence-corrected chi connectivity index (χ0v) is 20.1. The van der Waals surface area contributed by atoms with Gasteiger partial charge in [-0.25, -0.2) is 0 Å². The summed E-state index contributed by atoms with van der Waals surface area (Å²) < 4.78 is 5.58. The molecule has 0 radical (unpaired) electrons. The molecule has 0 amide bonds. The smallest absolute Gasteiger partial charge is 0.302 e. The summed E-state index contributed by atoms with van der Waals surface area (Å²) in [7, 11) is 0. The highest BCUT2D eigenvalue weighted by atomic mass is 16.7. The maximum absolute atomic E-state index is 13.2. The van der Waals surface area contributed by atoms with Gasteiger partial charge in [0.05, 0.1) is 11.6 Å². The highest BCUT2D eigenvalue weighted by molar-refractivity contribution is 6.04. The molecule has 1 heterocycles. The van der Waals surface area contributed by atoms with Gasteiger partial charge in [-0.15, -0.1) is 0 Å². The summed E-state index contributed by atoms with van der Waals surface area (Å²) in [5.74, 6) is 1.64. The fraction of sp³-hybridized carbons (Fsp3) is 0.741. The minimum atomic E-state index is -0.810. The van der Waals surface area contributed by atoms with E-state index in [2.05, 4.69) is 25.1 Å². The van der Waals surface area contributed by atoms with Crippen molar-refractivity contribution in [3.05, 3.63) is 23.8 Å². The van der Waals surface area contributed by atoms with E-state index in [1.165, 1.54) is 12.5 Å². The number of esters is 1. The first-order valence-corrected chi connectivity index (χ1v) is 12.4. The Labute approximate surface area is 191 Å². The van der Waals surface area contributed by atoms with Crippen molar-refractivity contribution in [2.45, 2.75) is 91.3 Å². The first-order valence-electron chi connectivity index (χ1n) is 12.4. The van der Waals surface area contributed by atoms with E-state index in [1.54, 1.807) is 6.92 Å². The monoisotopic (exact) mass is 439 g/mol. The summed E-state index contributed by atoms with van der Waals surface area (Å²) >= 11 is 0. The molecule has 5 nitrogen and oxygen atoms in total. The van der Waals surface area contributed by atoms with Crippen molar-refractivity contribution >= 4 is 17.5 Å². The summed E-state index contributed by atoms with van der Waals surface area (Å²) in [4.78, 5) is 30.8. The van der Waals surface area contributed by atoms with Crippen LogP contribution < -0.4 is 0 Å². The van der Waals surface area contributed by atoms with Gasteiger partial charge in [0, 0.05) is 18.8 Å². The van der Waals surface area contributed by atoms with Crippen molar-refractivity contribution in [2.24, 2.45) is 39.7 Å². The van der Waals surface area contributed by atoms with Gasteiger partial charge in [-0.2, -0.15) is 0 Å². The first kappa shape index (κ1) is 21.9. The Balaban J connectivity index is 1.48. The summed E-state index contributed by atoms with van der Waals surface area (Å²) in [6.45, 7) is 9.97. The lowest BCUT2D eigenvalue weighted by Crippen LogP contribution is -2.58. The molecule has 0 aromatic carbocycles. The lowest BCUT2D eigenvalue weighted by Gasteiger charge is -2.58. The van der Waals surface area contributed by atoms with Gasteiger partial charge < -0.3 is 9.57 Å². The number of fused-ring (bicyclic) bond motifs is 7. The number of rotatable bonds is 3. The van der Waals surface area contributed by atoms with E-state index in [1.807, 2.05) is 19.1 Å². The van der Waals surface area contributed by atoms with Gasteiger partial charge in [-0.05, 0) is 81.6 Å². The van der Waals surface area contributed by atoms with Crippen LogP contribution in [0, 0.1) is 34.5 Å². The molecule has 5 heteroatoms. The van der Waals surface area contributed by atoms with Crippen LogP contribution in [0.3, 0.4) is 0 Å². The van der Waals surface area contributed by atoms with E-state index in [0.29, 0.717) is 17.8 Å². The van der Waals surface area contributed by atoms with Crippen molar-refractivity contribution in [1.29, 1.82) is 0 Å². The summed E-state index contributed by atoms with van der Waals surface area (Å²) in [6, 6.07) is 0. The molecule has 0 saturated heterocycles. The molecule has 0 spiro atoms. The van der Waals surface area contributed by atoms with E-state index < -0.39 is 5.60 Å². The molecule has 8 atom stereocenters. The standard InChI is InChI=1S/C27H37NO4/c1-6-7-24-23-15-22-20-9-8-18-14-19(31-17(3)30)10-12-25(18,4)21(20)11-13-26(22,5)27(23,16(2)29)32-28-24/h6-8,19-23H,9-15H2,1-5H3/b7-6+/t19-,20?,21?,22?,23-,25-,26-,27+/m0/s1. The molecule has 0 aromatic rings. The maximum atomic E-state index is 13.2. The van der Waals surface area contributed by atoms with Gasteiger partial charge in [0.15, 0.2) is 5.78 Å². The number of hydrogen-bond acceptors (Lipinski definition) is 5. The third kappa shape index (κ3) is 2.72. The molecule has 1 aliphatic heterocycles. The van der Waals surface area contributed by atoms with E-state index in [4.69, 9.17) is 9.57 Å². The second kappa shape index (κ2) is 7.30. The van der Waals surface area contributed by atoms with E-state index in [0.717, 1.165) is 50.7 Å². The van der Waals surface area contributed by atoms with Crippen LogP contribution in [0.2, 0.25) is 0 Å². The molecule has 4 aliphatic carbocycles. The number of Topliss-reactive ketones (excluding diaryl/α,β-unsaturated/α-hetero) is 1. The Bertz CT molecular complexity index is 934.